The van der Waals surface area contributed by atoms with Gasteiger partial charge >= 0.3 is 0 Å². The van der Waals surface area contributed by atoms with Crippen LogP contribution in [0.5, 0.6) is 0 Å². The first-order chi connectivity index (χ1) is 16.0. The molecule has 1 amide bonds. The van der Waals surface area contributed by atoms with Crippen molar-refractivity contribution in [2.45, 2.75) is 33.0 Å². The van der Waals surface area contributed by atoms with Gasteiger partial charge < -0.3 is 15.6 Å². The van der Waals surface area contributed by atoms with Crippen LogP contribution in [0.4, 0.5) is 0 Å². The number of amides is 1. The molecule has 7 heteroatoms. The standard InChI is InChI=1S/C26H28N4O2S/c1-18-13-23(26(31)28-15-21-11-9-20(14-27)10-12-21)19(2)30(18)25(22-7-5-4-6-8-22)24-16-33-17-29(24)32-3/h4-13,16-17,25H,14-15,27H2,1-3H3/p+1. The lowest BCUT2D eigenvalue weighted by molar-refractivity contribution is -0.887. The van der Waals surface area contributed by atoms with Crippen molar-refractivity contribution in [3.63, 3.8) is 0 Å². The SMILES string of the molecule is CO[n+]1cscc1C(c1ccccc1)n1c(C)cc(C(=O)NCc2ccc(CN)cc2)c1C. The van der Waals surface area contributed by atoms with E-state index in [1.165, 1.54) is 0 Å². The van der Waals surface area contributed by atoms with Crippen molar-refractivity contribution in [3.8, 4) is 0 Å². The molecule has 6 nitrogen and oxygen atoms in total. The van der Waals surface area contributed by atoms with E-state index in [0.29, 0.717) is 18.7 Å². The number of nitrogens with two attached hydrogens (primary N) is 1. The van der Waals surface area contributed by atoms with Crippen molar-refractivity contribution >= 4 is 17.2 Å². The lowest BCUT2D eigenvalue weighted by atomic mass is 10.0. The molecule has 170 valence electrons. The number of hydrogen-bond acceptors (Lipinski definition) is 4. The van der Waals surface area contributed by atoms with E-state index in [1.54, 1.807) is 23.2 Å². The molecular weight excluding hydrogens is 432 g/mol. The highest BCUT2D eigenvalue weighted by Crippen LogP contribution is 2.31. The van der Waals surface area contributed by atoms with Crippen LogP contribution >= 0.6 is 11.3 Å². The highest BCUT2D eigenvalue weighted by molar-refractivity contribution is 7.07. The molecule has 4 aromatic rings. The molecule has 4 rings (SSSR count). The van der Waals surface area contributed by atoms with Gasteiger partial charge in [-0.2, -0.15) is 0 Å². The third-order valence-corrected chi connectivity index (χ3v) is 6.58. The smallest absolute Gasteiger partial charge is 0.277 e. The number of benzene rings is 2. The molecule has 2 aromatic heterocycles. The number of aromatic nitrogens is 2. The fraction of sp³-hybridized carbons (Fsp3) is 0.231. The molecule has 1 atom stereocenters. The Labute approximate surface area is 198 Å². The number of carbonyl (C=O) groups excluding carboxylic acids is 1. The number of nitrogens with one attached hydrogen (secondary N) is 1. The number of nitrogens with zero attached hydrogens (tertiary/aromatic N) is 2. The average molecular weight is 462 g/mol. The quantitative estimate of drug-likeness (QED) is 0.394. The molecule has 2 aromatic carbocycles. The Morgan fingerprint density at radius 2 is 1.82 bits per heavy atom. The van der Waals surface area contributed by atoms with Crippen LogP contribution in [-0.2, 0) is 13.1 Å². The van der Waals surface area contributed by atoms with Crippen LogP contribution in [0.25, 0.3) is 0 Å². The van der Waals surface area contributed by atoms with Crippen LogP contribution in [0, 0.1) is 13.8 Å². The molecule has 0 saturated carbocycles. The maximum atomic E-state index is 13.1. The molecule has 0 spiro atoms. The van der Waals surface area contributed by atoms with Gasteiger partial charge in [-0.25, -0.2) is 0 Å². The first-order valence-electron chi connectivity index (χ1n) is 10.8. The second kappa shape index (κ2) is 10.0. The Morgan fingerprint density at radius 1 is 1.12 bits per heavy atom. The number of aryl methyl sites for hydroxylation is 1. The van der Waals surface area contributed by atoms with Crippen molar-refractivity contribution in [3.05, 3.63) is 111 Å². The minimum atomic E-state index is -0.122. The largest absolute Gasteiger partial charge is 0.348 e. The summed E-state index contributed by atoms with van der Waals surface area (Å²) in [5.74, 6) is -0.0889. The fourth-order valence-electron chi connectivity index (χ4n) is 4.16. The summed E-state index contributed by atoms with van der Waals surface area (Å²) < 4.78 is 3.99. The van der Waals surface area contributed by atoms with Crippen LogP contribution in [0.3, 0.4) is 0 Å². The normalized spacial score (nSPS) is 11.9. The predicted molar refractivity (Wildman–Crippen MR) is 130 cm³/mol. The van der Waals surface area contributed by atoms with Gasteiger partial charge in [-0.3, -0.25) is 9.63 Å². The summed E-state index contributed by atoms with van der Waals surface area (Å²) in [6, 6.07) is 20.1. The van der Waals surface area contributed by atoms with E-state index in [2.05, 4.69) is 27.4 Å². The molecule has 1 unspecified atom stereocenters. The molecule has 0 aliphatic rings. The lowest BCUT2D eigenvalue weighted by Gasteiger charge is -2.20. The third-order valence-electron chi connectivity index (χ3n) is 5.89. The second-order valence-electron chi connectivity index (χ2n) is 7.96. The van der Waals surface area contributed by atoms with Crippen molar-refractivity contribution < 1.29 is 14.4 Å². The number of carbonyl (C=O) groups is 1. The van der Waals surface area contributed by atoms with Gasteiger partial charge in [0.05, 0.1) is 10.9 Å². The molecule has 0 aliphatic heterocycles. The van der Waals surface area contributed by atoms with Gasteiger partial charge in [0.1, 0.15) is 13.2 Å². The Morgan fingerprint density at radius 3 is 2.48 bits per heavy atom. The summed E-state index contributed by atoms with van der Waals surface area (Å²) in [5.41, 5.74) is 14.4. The Balaban J connectivity index is 1.66. The van der Waals surface area contributed by atoms with Gasteiger partial charge in [-0.15, -0.1) is 0 Å². The third kappa shape index (κ3) is 4.69. The number of thiazole rings is 1. The second-order valence-corrected chi connectivity index (χ2v) is 8.68. The van der Waals surface area contributed by atoms with Crippen molar-refractivity contribution in [1.29, 1.82) is 0 Å². The molecule has 0 bridgehead atoms. The van der Waals surface area contributed by atoms with Crippen molar-refractivity contribution in [2.24, 2.45) is 5.73 Å². The van der Waals surface area contributed by atoms with Gasteiger partial charge in [-0.05, 0) is 36.6 Å². The van der Waals surface area contributed by atoms with Gasteiger partial charge in [0.25, 0.3) is 17.1 Å². The van der Waals surface area contributed by atoms with Crippen LogP contribution in [0.1, 0.15) is 50.2 Å². The number of hydrogen-bond donors (Lipinski definition) is 2. The highest BCUT2D eigenvalue weighted by atomic mass is 32.1. The molecular formula is C26H29N4O2S+. The summed E-state index contributed by atoms with van der Waals surface area (Å²) in [6.45, 7) is 5.00. The Hall–Kier alpha value is -3.42. The molecule has 0 saturated heterocycles. The molecule has 0 aliphatic carbocycles. The molecule has 0 fully saturated rings. The number of rotatable bonds is 8. The Bertz CT molecular complexity index is 1230. The summed E-state index contributed by atoms with van der Waals surface area (Å²) in [7, 11) is 1.66. The zero-order chi connectivity index (χ0) is 23.4. The topological polar surface area (TPSA) is 73.2 Å². The van der Waals surface area contributed by atoms with E-state index < -0.39 is 0 Å². The monoisotopic (exact) mass is 461 g/mol. The van der Waals surface area contributed by atoms with Crippen molar-refractivity contribution in [2.75, 3.05) is 7.11 Å². The van der Waals surface area contributed by atoms with Gasteiger partial charge in [-0.1, -0.05) is 65.9 Å². The van der Waals surface area contributed by atoms with E-state index >= 15 is 0 Å². The highest BCUT2D eigenvalue weighted by Gasteiger charge is 2.31. The molecule has 2 heterocycles. The summed E-state index contributed by atoms with van der Waals surface area (Å²) in [6.07, 6.45) is 0. The van der Waals surface area contributed by atoms with Crippen LogP contribution < -0.4 is 20.6 Å². The lowest BCUT2D eigenvalue weighted by Crippen LogP contribution is -2.44. The van der Waals surface area contributed by atoms with Gasteiger partial charge in [0.2, 0.25) is 0 Å². The summed E-state index contributed by atoms with van der Waals surface area (Å²) >= 11 is 1.58. The average Bonchev–Trinajstić information content (AvgIpc) is 3.43. The summed E-state index contributed by atoms with van der Waals surface area (Å²) in [4.78, 5) is 18.7. The zero-order valence-corrected chi connectivity index (χ0v) is 19.9. The van der Waals surface area contributed by atoms with Crippen LogP contribution in [-0.4, -0.2) is 17.6 Å². The first-order valence-corrected chi connectivity index (χ1v) is 11.8. The van der Waals surface area contributed by atoms with Crippen LogP contribution in [0.15, 0.2) is 71.6 Å². The first kappa shape index (κ1) is 22.8. The molecule has 0 radical (unpaired) electrons. The minimum absolute atomic E-state index is 0.0889. The van der Waals surface area contributed by atoms with E-state index in [1.807, 2.05) is 67.9 Å². The maximum absolute atomic E-state index is 13.1. The van der Waals surface area contributed by atoms with Crippen LogP contribution in [0.2, 0.25) is 0 Å². The van der Waals surface area contributed by atoms with E-state index in [0.717, 1.165) is 33.8 Å². The van der Waals surface area contributed by atoms with Gasteiger partial charge in [0, 0.05) is 29.2 Å². The molecule has 3 N–H and O–H groups in total. The zero-order valence-electron chi connectivity index (χ0n) is 19.1. The minimum Gasteiger partial charge on any atom is -0.348 e. The fourth-order valence-corrected chi connectivity index (χ4v) is 4.92. The van der Waals surface area contributed by atoms with Gasteiger partial charge in [0.15, 0.2) is 0 Å². The maximum Gasteiger partial charge on any atom is 0.277 e. The van der Waals surface area contributed by atoms with E-state index in [4.69, 9.17) is 10.6 Å². The summed E-state index contributed by atoms with van der Waals surface area (Å²) in [5, 5.41) is 5.15. The molecule has 33 heavy (non-hydrogen) atoms. The predicted octanol–water partition coefficient (Wildman–Crippen LogP) is 3.54. The van der Waals surface area contributed by atoms with E-state index in [-0.39, 0.29) is 11.9 Å². The van der Waals surface area contributed by atoms with E-state index in [9.17, 15) is 4.79 Å². The Kier molecular flexibility index (Phi) is 6.91. The van der Waals surface area contributed by atoms with Crippen molar-refractivity contribution in [1.82, 2.24) is 9.88 Å².